The summed E-state index contributed by atoms with van der Waals surface area (Å²) in [6.45, 7) is 8.79. The van der Waals surface area contributed by atoms with Crippen molar-refractivity contribution < 1.29 is 18.0 Å². The van der Waals surface area contributed by atoms with Crippen molar-refractivity contribution in [2.24, 2.45) is 0 Å². The Bertz CT molecular complexity index is 1180. The Kier molecular flexibility index (Phi) is 10.6. The summed E-state index contributed by atoms with van der Waals surface area (Å²) >= 11 is 12.8. The standard InChI is InChI=1S/C26H35Cl2N3O4S/c1-7-18(4)29-26(33)23(8-2)30(15-20-21(27)12-10-13-22(20)28)25(32)16-31(36(6,34)35)24-14-9-11-17(3)19(24)5/h9-14,18,23H,7-8,15-16H2,1-6H3,(H,29,33)/t18-,23-/m1/s1. The van der Waals surface area contributed by atoms with E-state index in [2.05, 4.69) is 5.32 Å². The molecule has 0 unspecified atom stereocenters. The van der Waals surface area contributed by atoms with Crippen LogP contribution in [0.15, 0.2) is 36.4 Å². The quantitative estimate of drug-likeness (QED) is 0.418. The highest BCUT2D eigenvalue weighted by Crippen LogP contribution is 2.29. The molecule has 0 heterocycles. The Morgan fingerprint density at radius 1 is 1.00 bits per heavy atom. The van der Waals surface area contributed by atoms with Gasteiger partial charge in [-0.15, -0.1) is 0 Å². The molecule has 1 N–H and O–H groups in total. The predicted molar refractivity (Wildman–Crippen MR) is 147 cm³/mol. The fraction of sp³-hybridized carbons (Fsp3) is 0.462. The molecule has 0 aliphatic carbocycles. The Morgan fingerprint density at radius 3 is 2.11 bits per heavy atom. The fourth-order valence-corrected chi connectivity index (χ4v) is 5.23. The number of nitrogens with zero attached hydrogens (tertiary/aromatic N) is 2. The minimum atomic E-state index is -3.82. The number of hydrogen-bond donors (Lipinski definition) is 1. The Morgan fingerprint density at radius 2 is 1.58 bits per heavy atom. The lowest BCUT2D eigenvalue weighted by Gasteiger charge is -2.34. The third-order valence-corrected chi connectivity index (χ3v) is 8.14. The van der Waals surface area contributed by atoms with E-state index >= 15 is 0 Å². The zero-order valence-corrected chi connectivity index (χ0v) is 24.0. The molecule has 36 heavy (non-hydrogen) atoms. The number of carbonyl (C=O) groups excluding carboxylic acids is 2. The van der Waals surface area contributed by atoms with E-state index in [0.29, 0.717) is 27.7 Å². The molecule has 0 aromatic heterocycles. The second-order valence-corrected chi connectivity index (χ2v) is 11.7. The Balaban J connectivity index is 2.55. The second-order valence-electron chi connectivity index (χ2n) is 8.95. The maximum Gasteiger partial charge on any atom is 0.244 e. The molecule has 0 spiro atoms. The van der Waals surface area contributed by atoms with Crippen molar-refractivity contribution in [3.8, 4) is 0 Å². The van der Waals surface area contributed by atoms with Gasteiger partial charge in [-0.25, -0.2) is 8.42 Å². The molecule has 198 valence electrons. The lowest BCUT2D eigenvalue weighted by atomic mass is 10.1. The number of halogens is 2. The van der Waals surface area contributed by atoms with Crippen LogP contribution in [0.1, 0.15) is 50.3 Å². The van der Waals surface area contributed by atoms with E-state index in [1.54, 1.807) is 37.3 Å². The normalized spacial score (nSPS) is 13.1. The number of carbonyl (C=O) groups is 2. The Hall–Kier alpha value is -2.29. The van der Waals surface area contributed by atoms with E-state index in [9.17, 15) is 18.0 Å². The van der Waals surface area contributed by atoms with Crippen LogP contribution in [0.3, 0.4) is 0 Å². The molecule has 10 heteroatoms. The van der Waals surface area contributed by atoms with Gasteiger partial charge in [-0.1, -0.05) is 55.2 Å². The molecule has 0 saturated carbocycles. The monoisotopic (exact) mass is 555 g/mol. The maximum absolute atomic E-state index is 13.8. The average Bonchev–Trinajstić information content (AvgIpc) is 2.80. The molecule has 2 aromatic carbocycles. The van der Waals surface area contributed by atoms with Gasteiger partial charge in [0.15, 0.2) is 0 Å². The van der Waals surface area contributed by atoms with E-state index in [-0.39, 0.29) is 18.5 Å². The van der Waals surface area contributed by atoms with Gasteiger partial charge in [-0.05, 0) is 62.9 Å². The van der Waals surface area contributed by atoms with E-state index < -0.39 is 28.5 Å². The van der Waals surface area contributed by atoms with E-state index in [1.807, 2.05) is 33.8 Å². The fourth-order valence-electron chi connectivity index (χ4n) is 3.81. The van der Waals surface area contributed by atoms with Crippen LogP contribution < -0.4 is 9.62 Å². The van der Waals surface area contributed by atoms with Crippen molar-refractivity contribution in [1.82, 2.24) is 10.2 Å². The smallest absolute Gasteiger partial charge is 0.244 e. The number of sulfonamides is 1. The summed E-state index contributed by atoms with van der Waals surface area (Å²) in [6.07, 6.45) is 2.10. The van der Waals surface area contributed by atoms with Crippen LogP contribution in [0.4, 0.5) is 5.69 Å². The number of rotatable bonds is 11. The zero-order chi connectivity index (χ0) is 27.2. The predicted octanol–water partition coefficient (Wildman–Crippen LogP) is 5.10. The highest BCUT2D eigenvalue weighted by atomic mass is 35.5. The molecule has 0 fully saturated rings. The average molecular weight is 557 g/mol. The van der Waals surface area contributed by atoms with Crippen LogP contribution in [0.5, 0.6) is 0 Å². The number of amides is 2. The second kappa shape index (κ2) is 12.8. The van der Waals surface area contributed by atoms with Crippen LogP contribution in [0, 0.1) is 13.8 Å². The minimum Gasteiger partial charge on any atom is -0.352 e. The van der Waals surface area contributed by atoms with Crippen LogP contribution in [-0.4, -0.2) is 50.0 Å². The van der Waals surface area contributed by atoms with Gasteiger partial charge in [0.25, 0.3) is 0 Å². The summed E-state index contributed by atoms with van der Waals surface area (Å²) in [5.41, 5.74) is 2.55. The van der Waals surface area contributed by atoms with Gasteiger partial charge >= 0.3 is 0 Å². The molecule has 0 bridgehead atoms. The molecular formula is C26H35Cl2N3O4S. The first-order valence-corrected chi connectivity index (χ1v) is 14.5. The third kappa shape index (κ3) is 7.37. The summed E-state index contributed by atoms with van der Waals surface area (Å²) in [5, 5.41) is 3.64. The van der Waals surface area contributed by atoms with Gasteiger partial charge in [0.1, 0.15) is 12.6 Å². The Labute approximate surface area is 224 Å². The molecule has 0 saturated heterocycles. The maximum atomic E-state index is 13.8. The van der Waals surface area contributed by atoms with Crippen molar-refractivity contribution >= 4 is 50.7 Å². The summed E-state index contributed by atoms with van der Waals surface area (Å²) in [6, 6.07) is 9.36. The zero-order valence-electron chi connectivity index (χ0n) is 21.6. The summed E-state index contributed by atoms with van der Waals surface area (Å²) in [5.74, 6) is -0.857. The number of aryl methyl sites for hydroxylation is 1. The first kappa shape index (κ1) is 29.9. The minimum absolute atomic E-state index is 0.0474. The molecule has 2 amide bonds. The number of anilines is 1. The molecule has 2 rings (SSSR count). The van der Waals surface area contributed by atoms with Gasteiger partial charge in [0.2, 0.25) is 21.8 Å². The largest absolute Gasteiger partial charge is 0.352 e. The van der Waals surface area contributed by atoms with E-state index in [4.69, 9.17) is 23.2 Å². The van der Waals surface area contributed by atoms with E-state index in [1.165, 1.54) is 4.90 Å². The van der Waals surface area contributed by atoms with Crippen molar-refractivity contribution in [3.05, 3.63) is 63.1 Å². The highest BCUT2D eigenvalue weighted by Gasteiger charge is 2.33. The number of nitrogens with one attached hydrogen (secondary N) is 1. The first-order chi connectivity index (χ1) is 16.8. The van der Waals surface area contributed by atoms with Crippen LogP contribution in [0.25, 0.3) is 0 Å². The van der Waals surface area contributed by atoms with E-state index in [0.717, 1.165) is 28.1 Å². The van der Waals surface area contributed by atoms with Gasteiger partial charge in [-0.3, -0.25) is 13.9 Å². The molecule has 7 nitrogen and oxygen atoms in total. The summed E-state index contributed by atoms with van der Waals surface area (Å²) in [7, 11) is -3.82. The van der Waals surface area contributed by atoms with Crippen LogP contribution in [0.2, 0.25) is 10.0 Å². The highest BCUT2D eigenvalue weighted by molar-refractivity contribution is 7.92. The molecule has 0 aliphatic heterocycles. The lowest BCUT2D eigenvalue weighted by Crippen LogP contribution is -2.53. The lowest BCUT2D eigenvalue weighted by molar-refractivity contribution is -0.140. The van der Waals surface area contributed by atoms with Gasteiger partial charge < -0.3 is 10.2 Å². The topological polar surface area (TPSA) is 86.8 Å². The molecule has 2 aromatic rings. The summed E-state index contributed by atoms with van der Waals surface area (Å²) in [4.78, 5) is 28.4. The summed E-state index contributed by atoms with van der Waals surface area (Å²) < 4.78 is 26.7. The molecule has 0 radical (unpaired) electrons. The molecule has 0 aliphatic rings. The van der Waals surface area contributed by atoms with Crippen molar-refractivity contribution in [2.45, 2.75) is 66.1 Å². The van der Waals surface area contributed by atoms with Crippen LogP contribution in [-0.2, 0) is 26.2 Å². The SMILES string of the molecule is CC[C@@H](C)NC(=O)[C@@H](CC)N(Cc1c(Cl)cccc1Cl)C(=O)CN(c1cccc(C)c1C)S(C)(=O)=O. The van der Waals surface area contributed by atoms with Crippen molar-refractivity contribution in [2.75, 3.05) is 17.1 Å². The first-order valence-electron chi connectivity index (χ1n) is 11.9. The van der Waals surface area contributed by atoms with Gasteiger partial charge in [0, 0.05) is 28.2 Å². The number of benzene rings is 2. The number of hydrogen-bond acceptors (Lipinski definition) is 4. The van der Waals surface area contributed by atoms with Gasteiger partial charge in [-0.2, -0.15) is 0 Å². The van der Waals surface area contributed by atoms with Crippen molar-refractivity contribution in [1.29, 1.82) is 0 Å². The molecule has 2 atom stereocenters. The van der Waals surface area contributed by atoms with Crippen LogP contribution >= 0.6 is 23.2 Å². The van der Waals surface area contributed by atoms with Crippen molar-refractivity contribution in [3.63, 3.8) is 0 Å². The van der Waals surface area contributed by atoms with Gasteiger partial charge in [0.05, 0.1) is 11.9 Å². The molecular weight excluding hydrogens is 521 g/mol. The third-order valence-electron chi connectivity index (χ3n) is 6.30.